The summed E-state index contributed by atoms with van der Waals surface area (Å²) >= 11 is 0. The topological polar surface area (TPSA) is 75.2 Å². The Morgan fingerprint density at radius 1 is 1.10 bits per heavy atom. The number of aliphatic hydroxyl groups is 1. The van der Waals surface area contributed by atoms with Crippen LogP contribution >= 0.6 is 0 Å². The van der Waals surface area contributed by atoms with Crippen molar-refractivity contribution in [2.75, 3.05) is 6.61 Å². The molecule has 0 spiro atoms. The van der Waals surface area contributed by atoms with Crippen molar-refractivity contribution >= 4 is 22.9 Å². The van der Waals surface area contributed by atoms with Crippen LogP contribution in [0.2, 0.25) is 0 Å². The van der Waals surface area contributed by atoms with Gasteiger partial charge in [-0.2, -0.15) is 18.4 Å². The summed E-state index contributed by atoms with van der Waals surface area (Å²) in [6, 6.07) is 17.9. The monoisotopic (exact) mass is 536 g/mol. The maximum atomic E-state index is 14.4. The second kappa shape index (κ2) is 11.1. The van der Waals surface area contributed by atoms with Crippen LogP contribution in [-0.4, -0.2) is 28.4 Å². The van der Waals surface area contributed by atoms with Crippen molar-refractivity contribution in [3.05, 3.63) is 113 Å². The van der Waals surface area contributed by atoms with Crippen LogP contribution in [0.25, 0.3) is 17.0 Å². The van der Waals surface area contributed by atoms with E-state index in [2.05, 4.69) is 0 Å². The van der Waals surface area contributed by atoms with E-state index in [1.165, 1.54) is 71.4 Å². The van der Waals surface area contributed by atoms with Gasteiger partial charge >= 0.3 is 12.1 Å². The Bertz CT molecular complexity index is 1570. The van der Waals surface area contributed by atoms with Gasteiger partial charge in [0.15, 0.2) is 5.60 Å². The highest BCUT2D eigenvalue weighted by Crippen LogP contribution is 2.45. The molecule has 1 heterocycles. The molecule has 0 fully saturated rings. The van der Waals surface area contributed by atoms with E-state index in [-0.39, 0.29) is 29.7 Å². The highest BCUT2D eigenvalue weighted by molar-refractivity contribution is 5.89. The molecule has 0 aliphatic heterocycles. The molecule has 0 radical (unpaired) electrons. The van der Waals surface area contributed by atoms with Crippen LogP contribution in [0.3, 0.4) is 0 Å². The summed E-state index contributed by atoms with van der Waals surface area (Å²) in [4.78, 5) is 11.8. The van der Waals surface area contributed by atoms with Gasteiger partial charge < -0.3 is 14.4 Å². The molecule has 39 heavy (non-hydrogen) atoms. The minimum absolute atomic E-state index is 0.0275. The molecule has 0 aliphatic carbocycles. The Balaban J connectivity index is 1.72. The van der Waals surface area contributed by atoms with Gasteiger partial charge in [-0.05, 0) is 54.4 Å². The average Bonchev–Trinajstić information content (AvgIpc) is 3.26. The highest BCUT2D eigenvalue weighted by Gasteiger charge is 2.55. The summed E-state index contributed by atoms with van der Waals surface area (Å²) < 4.78 is 63.5. The standard InChI is InChI=1S/C30H24F4N2O3/c1-2-39-28(37)23-11-8-20(9-12-23)6-4-14-29(38,30(32,33)34)26-19-36(18-22-5-3-7-24(31)15-22)27-16-21(17-35)10-13-25(26)27/h3-13,15-16,19,38H,2,14,18H2,1H3. The van der Waals surface area contributed by atoms with Gasteiger partial charge in [-0.25, -0.2) is 9.18 Å². The zero-order valence-corrected chi connectivity index (χ0v) is 20.9. The maximum Gasteiger partial charge on any atom is 0.421 e. The van der Waals surface area contributed by atoms with E-state index in [0.29, 0.717) is 22.2 Å². The first-order valence-electron chi connectivity index (χ1n) is 12.1. The normalized spacial score (nSPS) is 13.4. The maximum absolute atomic E-state index is 14.4. The molecular formula is C30H24F4N2O3. The zero-order chi connectivity index (χ0) is 28.2. The van der Waals surface area contributed by atoms with Crippen molar-refractivity contribution in [1.82, 2.24) is 4.57 Å². The molecular weight excluding hydrogens is 512 g/mol. The van der Waals surface area contributed by atoms with Gasteiger partial charge in [0, 0.05) is 30.1 Å². The molecule has 9 heteroatoms. The van der Waals surface area contributed by atoms with Crippen LogP contribution in [0, 0.1) is 17.1 Å². The minimum atomic E-state index is -5.04. The van der Waals surface area contributed by atoms with Gasteiger partial charge in [0.05, 0.1) is 29.3 Å². The SMILES string of the molecule is CCOC(=O)c1ccc(C=CCC(O)(c2cn(Cc3cccc(F)c3)c3cc(C#N)ccc23)C(F)(F)F)cc1. The summed E-state index contributed by atoms with van der Waals surface area (Å²) in [5, 5.41) is 20.6. The largest absolute Gasteiger partial charge is 0.462 e. The Morgan fingerprint density at radius 2 is 1.85 bits per heavy atom. The van der Waals surface area contributed by atoms with E-state index < -0.39 is 30.0 Å². The quantitative estimate of drug-likeness (QED) is 0.200. The molecule has 4 rings (SSSR count). The van der Waals surface area contributed by atoms with E-state index >= 15 is 0 Å². The molecule has 0 aliphatic rings. The molecule has 1 atom stereocenters. The van der Waals surface area contributed by atoms with Gasteiger partial charge in [0.1, 0.15) is 5.82 Å². The van der Waals surface area contributed by atoms with Crippen LogP contribution in [0.4, 0.5) is 17.6 Å². The van der Waals surface area contributed by atoms with E-state index in [4.69, 9.17) is 4.74 Å². The predicted molar refractivity (Wildman–Crippen MR) is 138 cm³/mol. The lowest BCUT2D eigenvalue weighted by molar-refractivity contribution is -0.264. The Hall–Kier alpha value is -4.42. The van der Waals surface area contributed by atoms with E-state index in [9.17, 15) is 32.7 Å². The van der Waals surface area contributed by atoms with Gasteiger partial charge in [0.25, 0.3) is 0 Å². The van der Waals surface area contributed by atoms with Crippen LogP contribution in [0.1, 0.15) is 46.0 Å². The summed E-state index contributed by atoms with van der Waals surface area (Å²) in [6.07, 6.45) is -2.00. The summed E-state index contributed by atoms with van der Waals surface area (Å²) in [7, 11) is 0. The third kappa shape index (κ3) is 5.86. The van der Waals surface area contributed by atoms with Gasteiger partial charge in [-0.1, -0.05) is 42.5 Å². The molecule has 200 valence electrons. The molecule has 4 aromatic rings. The minimum Gasteiger partial charge on any atom is -0.462 e. The van der Waals surface area contributed by atoms with Crippen molar-refractivity contribution in [2.45, 2.75) is 31.7 Å². The van der Waals surface area contributed by atoms with Crippen LogP contribution in [0.5, 0.6) is 0 Å². The lowest BCUT2D eigenvalue weighted by atomic mass is 9.88. The van der Waals surface area contributed by atoms with Crippen molar-refractivity contribution in [2.24, 2.45) is 0 Å². The van der Waals surface area contributed by atoms with Gasteiger partial charge in [-0.3, -0.25) is 0 Å². The van der Waals surface area contributed by atoms with Crippen molar-refractivity contribution in [3.63, 3.8) is 0 Å². The number of halogens is 4. The number of hydrogen-bond acceptors (Lipinski definition) is 4. The van der Waals surface area contributed by atoms with Crippen molar-refractivity contribution in [3.8, 4) is 6.07 Å². The average molecular weight is 537 g/mol. The molecule has 3 aromatic carbocycles. The van der Waals surface area contributed by atoms with Gasteiger partial charge in [-0.15, -0.1) is 0 Å². The number of carbonyl (C=O) groups is 1. The van der Waals surface area contributed by atoms with E-state index in [0.717, 1.165) is 0 Å². The van der Waals surface area contributed by atoms with Gasteiger partial charge in [0.2, 0.25) is 0 Å². The number of alkyl halides is 3. The summed E-state index contributed by atoms with van der Waals surface area (Å²) in [5.74, 6) is -0.997. The lowest BCUT2D eigenvalue weighted by Gasteiger charge is -2.29. The molecule has 1 unspecified atom stereocenters. The smallest absolute Gasteiger partial charge is 0.421 e. The molecule has 5 nitrogen and oxygen atoms in total. The molecule has 1 aromatic heterocycles. The number of fused-ring (bicyclic) bond motifs is 1. The summed E-state index contributed by atoms with van der Waals surface area (Å²) in [5.41, 5.74) is -1.77. The molecule has 0 saturated carbocycles. The Morgan fingerprint density at radius 3 is 2.49 bits per heavy atom. The molecule has 0 amide bonds. The fraction of sp³-hybridized carbons (Fsp3) is 0.200. The zero-order valence-electron chi connectivity index (χ0n) is 20.9. The number of benzene rings is 3. The van der Waals surface area contributed by atoms with Crippen LogP contribution < -0.4 is 0 Å². The lowest BCUT2D eigenvalue weighted by Crippen LogP contribution is -2.41. The number of carbonyl (C=O) groups excluding carboxylic acids is 1. The number of nitriles is 1. The number of ether oxygens (including phenoxy) is 1. The first-order chi connectivity index (χ1) is 18.6. The predicted octanol–water partition coefficient (Wildman–Crippen LogP) is 6.73. The van der Waals surface area contributed by atoms with E-state index in [1.807, 2.05) is 6.07 Å². The third-order valence-electron chi connectivity index (χ3n) is 6.31. The van der Waals surface area contributed by atoms with Crippen molar-refractivity contribution < 1.29 is 32.2 Å². The fourth-order valence-electron chi connectivity index (χ4n) is 4.34. The number of aromatic nitrogens is 1. The van der Waals surface area contributed by atoms with Crippen molar-refractivity contribution in [1.29, 1.82) is 5.26 Å². The molecule has 0 bridgehead atoms. The Kier molecular flexibility index (Phi) is 7.88. The fourth-order valence-corrected chi connectivity index (χ4v) is 4.34. The number of nitrogens with zero attached hydrogens (tertiary/aromatic N) is 2. The first kappa shape index (κ1) is 27.6. The number of hydrogen-bond donors (Lipinski definition) is 1. The second-order valence-electron chi connectivity index (χ2n) is 8.95. The summed E-state index contributed by atoms with van der Waals surface area (Å²) in [6.45, 7) is 1.92. The van der Waals surface area contributed by atoms with E-state index in [1.54, 1.807) is 25.1 Å². The molecule has 0 saturated heterocycles. The van der Waals surface area contributed by atoms with Crippen LogP contribution in [0.15, 0.2) is 79.0 Å². The number of esters is 1. The highest BCUT2D eigenvalue weighted by atomic mass is 19.4. The second-order valence-corrected chi connectivity index (χ2v) is 8.95. The third-order valence-corrected chi connectivity index (χ3v) is 6.31. The number of rotatable bonds is 8. The molecule has 1 N–H and O–H groups in total. The van der Waals surface area contributed by atoms with Crippen LogP contribution in [-0.2, 0) is 16.9 Å². The Labute approximate surface area is 222 Å². The first-order valence-corrected chi connectivity index (χ1v) is 12.1.